The Balaban J connectivity index is 2.77. The molecule has 1 rings (SSSR count). The van der Waals surface area contributed by atoms with Crippen LogP contribution in [0, 0.1) is 0 Å². The van der Waals surface area contributed by atoms with Crippen molar-refractivity contribution in [1.82, 2.24) is 0 Å². The molecule has 118 valence electrons. The third kappa shape index (κ3) is 4.96. The molecule has 0 N–H and O–H groups in total. The first-order chi connectivity index (χ1) is 10.2. The first kappa shape index (κ1) is 17.3. The number of Topliss-reactive ketones (excluding diaryl/α,β-unsaturated/α-hetero) is 1. The second-order valence-corrected chi connectivity index (χ2v) is 4.99. The van der Waals surface area contributed by atoms with Gasteiger partial charge in [0.15, 0.2) is 17.3 Å². The van der Waals surface area contributed by atoms with Crippen LogP contribution in [0.15, 0.2) is 12.1 Å². The summed E-state index contributed by atoms with van der Waals surface area (Å²) >= 11 is 0. The summed E-state index contributed by atoms with van der Waals surface area (Å²) in [5, 5.41) is 0. The van der Waals surface area contributed by atoms with Crippen molar-refractivity contribution in [2.24, 2.45) is 0 Å². The Bertz CT molecular complexity index is 454. The molecule has 1 aromatic carbocycles. The smallest absolute Gasteiger partial charge is 0.166 e. The van der Waals surface area contributed by atoms with E-state index in [0.717, 1.165) is 12.8 Å². The van der Waals surface area contributed by atoms with Crippen molar-refractivity contribution < 1.29 is 19.0 Å². The van der Waals surface area contributed by atoms with Crippen LogP contribution in [-0.2, 0) is 0 Å². The molecule has 0 aliphatic rings. The molecule has 0 heterocycles. The molecule has 4 nitrogen and oxygen atoms in total. The molecule has 0 saturated heterocycles. The standard InChI is InChI=1S/C17H26O4/c1-5-6-7-8-9-10-14(18)13-11-16(20-3)17(21-4)12-15(13)19-2/h11-12H,5-10H2,1-4H3. The van der Waals surface area contributed by atoms with Crippen LogP contribution in [0.1, 0.15) is 55.8 Å². The first-order valence-corrected chi connectivity index (χ1v) is 7.51. The summed E-state index contributed by atoms with van der Waals surface area (Å²) in [7, 11) is 4.68. The summed E-state index contributed by atoms with van der Waals surface area (Å²) in [5.41, 5.74) is 0.561. The molecule has 0 fully saturated rings. The van der Waals surface area contributed by atoms with E-state index < -0.39 is 0 Å². The Labute approximate surface area is 127 Å². The molecule has 4 heteroatoms. The van der Waals surface area contributed by atoms with Crippen LogP contribution in [-0.4, -0.2) is 27.1 Å². The summed E-state index contributed by atoms with van der Waals surface area (Å²) in [6.45, 7) is 2.18. The molecule has 0 saturated carbocycles. The number of benzene rings is 1. The minimum atomic E-state index is 0.0873. The monoisotopic (exact) mass is 294 g/mol. The van der Waals surface area contributed by atoms with Gasteiger partial charge in [-0.1, -0.05) is 32.6 Å². The fraction of sp³-hybridized carbons (Fsp3) is 0.588. The number of carbonyl (C=O) groups is 1. The highest BCUT2D eigenvalue weighted by atomic mass is 16.5. The van der Waals surface area contributed by atoms with Gasteiger partial charge in [-0.25, -0.2) is 0 Å². The number of rotatable bonds is 10. The minimum absolute atomic E-state index is 0.0873. The van der Waals surface area contributed by atoms with Gasteiger partial charge in [0.25, 0.3) is 0 Å². The van der Waals surface area contributed by atoms with Gasteiger partial charge in [0.2, 0.25) is 0 Å². The average Bonchev–Trinajstić information content (AvgIpc) is 2.52. The number of hydrogen-bond donors (Lipinski definition) is 0. The van der Waals surface area contributed by atoms with Crippen molar-refractivity contribution in [2.45, 2.75) is 45.4 Å². The van der Waals surface area contributed by atoms with Gasteiger partial charge in [0.1, 0.15) is 5.75 Å². The van der Waals surface area contributed by atoms with Crippen molar-refractivity contribution in [2.75, 3.05) is 21.3 Å². The van der Waals surface area contributed by atoms with Gasteiger partial charge in [-0.15, -0.1) is 0 Å². The van der Waals surface area contributed by atoms with Crippen molar-refractivity contribution >= 4 is 5.78 Å². The predicted octanol–water partition coefficient (Wildman–Crippen LogP) is 4.26. The zero-order chi connectivity index (χ0) is 15.7. The molecule has 0 amide bonds. The number of carbonyl (C=O) groups excluding carboxylic acids is 1. The quantitative estimate of drug-likeness (QED) is 0.478. The maximum absolute atomic E-state index is 12.3. The zero-order valence-electron chi connectivity index (χ0n) is 13.5. The topological polar surface area (TPSA) is 44.8 Å². The Morgan fingerprint density at radius 2 is 1.43 bits per heavy atom. The summed E-state index contributed by atoms with van der Waals surface area (Å²) in [6, 6.07) is 3.40. The number of ether oxygens (including phenoxy) is 3. The highest BCUT2D eigenvalue weighted by molar-refractivity contribution is 5.99. The van der Waals surface area contributed by atoms with Gasteiger partial charge < -0.3 is 14.2 Å². The van der Waals surface area contributed by atoms with E-state index in [2.05, 4.69) is 6.92 Å². The molecule has 0 radical (unpaired) electrons. The molecular weight excluding hydrogens is 268 g/mol. The Kier molecular flexibility index (Phi) is 7.65. The summed E-state index contributed by atoms with van der Waals surface area (Å²) in [6.07, 6.45) is 6.17. The van der Waals surface area contributed by atoms with E-state index in [4.69, 9.17) is 14.2 Å². The summed E-state index contributed by atoms with van der Waals surface area (Å²) < 4.78 is 15.8. The molecule has 0 unspecified atom stereocenters. The lowest BCUT2D eigenvalue weighted by atomic mass is 10.0. The largest absolute Gasteiger partial charge is 0.496 e. The maximum Gasteiger partial charge on any atom is 0.166 e. The number of hydrogen-bond acceptors (Lipinski definition) is 4. The third-order valence-electron chi connectivity index (χ3n) is 3.51. The van der Waals surface area contributed by atoms with Crippen LogP contribution in [0.3, 0.4) is 0 Å². The summed E-state index contributed by atoms with van der Waals surface area (Å²) in [5.74, 6) is 1.73. The Morgan fingerprint density at radius 1 is 0.857 bits per heavy atom. The highest BCUT2D eigenvalue weighted by Gasteiger charge is 2.17. The van der Waals surface area contributed by atoms with Crippen molar-refractivity contribution in [3.8, 4) is 17.2 Å². The fourth-order valence-electron chi connectivity index (χ4n) is 2.27. The second-order valence-electron chi connectivity index (χ2n) is 4.99. The average molecular weight is 294 g/mol. The lowest BCUT2D eigenvalue weighted by Crippen LogP contribution is -2.04. The van der Waals surface area contributed by atoms with Crippen molar-refractivity contribution in [1.29, 1.82) is 0 Å². The maximum atomic E-state index is 12.3. The molecule has 0 aliphatic carbocycles. The van der Waals surface area contributed by atoms with Crippen LogP contribution in [0.25, 0.3) is 0 Å². The molecule has 0 bridgehead atoms. The number of methoxy groups -OCH3 is 3. The van der Waals surface area contributed by atoms with Gasteiger partial charge in [0.05, 0.1) is 26.9 Å². The van der Waals surface area contributed by atoms with E-state index in [1.165, 1.54) is 19.3 Å². The molecule has 1 aromatic rings. The highest BCUT2D eigenvalue weighted by Crippen LogP contribution is 2.35. The molecule has 0 aromatic heterocycles. The molecule has 21 heavy (non-hydrogen) atoms. The van der Waals surface area contributed by atoms with E-state index in [-0.39, 0.29) is 5.78 Å². The molecule has 0 atom stereocenters. The van der Waals surface area contributed by atoms with Gasteiger partial charge in [0, 0.05) is 12.5 Å². The lowest BCUT2D eigenvalue weighted by molar-refractivity contribution is 0.0975. The fourth-order valence-corrected chi connectivity index (χ4v) is 2.27. The van der Waals surface area contributed by atoms with Crippen molar-refractivity contribution in [3.05, 3.63) is 17.7 Å². The van der Waals surface area contributed by atoms with Gasteiger partial charge in [-0.05, 0) is 12.5 Å². The second kappa shape index (κ2) is 9.27. The Hall–Kier alpha value is -1.71. The number of unbranched alkanes of at least 4 members (excludes halogenated alkanes) is 4. The van der Waals surface area contributed by atoms with E-state index in [1.807, 2.05) is 0 Å². The van der Waals surface area contributed by atoms with Crippen LogP contribution < -0.4 is 14.2 Å². The Morgan fingerprint density at radius 3 is 2.00 bits per heavy atom. The van der Waals surface area contributed by atoms with Crippen molar-refractivity contribution in [3.63, 3.8) is 0 Å². The van der Waals surface area contributed by atoms with Gasteiger partial charge >= 0.3 is 0 Å². The number of ketones is 1. The third-order valence-corrected chi connectivity index (χ3v) is 3.51. The summed E-state index contributed by atoms with van der Waals surface area (Å²) in [4.78, 5) is 12.3. The lowest BCUT2D eigenvalue weighted by Gasteiger charge is -2.13. The first-order valence-electron chi connectivity index (χ1n) is 7.51. The van der Waals surface area contributed by atoms with E-state index in [1.54, 1.807) is 33.5 Å². The van der Waals surface area contributed by atoms with Crippen LogP contribution in [0.5, 0.6) is 17.2 Å². The predicted molar refractivity (Wildman–Crippen MR) is 83.8 cm³/mol. The van der Waals surface area contributed by atoms with Crippen LogP contribution in [0.4, 0.5) is 0 Å². The van der Waals surface area contributed by atoms with E-state index in [0.29, 0.717) is 29.2 Å². The normalized spacial score (nSPS) is 10.3. The van der Waals surface area contributed by atoms with E-state index >= 15 is 0 Å². The minimum Gasteiger partial charge on any atom is -0.496 e. The zero-order valence-corrected chi connectivity index (χ0v) is 13.5. The SMILES string of the molecule is CCCCCCCC(=O)c1cc(OC)c(OC)cc1OC. The van der Waals surface area contributed by atoms with E-state index in [9.17, 15) is 4.79 Å². The van der Waals surface area contributed by atoms with Gasteiger partial charge in [-0.3, -0.25) is 4.79 Å². The van der Waals surface area contributed by atoms with Gasteiger partial charge in [-0.2, -0.15) is 0 Å². The molecule has 0 spiro atoms. The van der Waals surface area contributed by atoms with Crippen LogP contribution in [0.2, 0.25) is 0 Å². The van der Waals surface area contributed by atoms with Crippen LogP contribution >= 0.6 is 0 Å². The molecule has 0 aliphatic heterocycles. The molecular formula is C17H26O4.